The number of hydrogen-bond donors (Lipinski definition) is 2. The first-order chi connectivity index (χ1) is 16.0. The maximum atomic E-state index is 12.6. The lowest BCUT2D eigenvalue weighted by atomic mass is 9.92. The first-order valence-corrected chi connectivity index (χ1v) is 11.2. The molecule has 0 unspecified atom stereocenters. The molecule has 0 aliphatic rings. The summed E-state index contributed by atoms with van der Waals surface area (Å²) in [5, 5.41) is 1.02. The SMILES string of the molecule is CCOC(=O)[C@H](CC(=O)CC[C@@H](N)C(=O)OCc1ccccc1)Cc1c[nH]c2ccccc12.Cl. The topological polar surface area (TPSA) is 111 Å². The van der Waals surface area contributed by atoms with Gasteiger partial charge in [0.05, 0.1) is 12.5 Å². The second kappa shape index (κ2) is 13.5. The number of carbonyl (C=O) groups excluding carboxylic acids is 3. The number of para-hydroxylation sites is 1. The molecule has 3 N–H and O–H groups in total. The van der Waals surface area contributed by atoms with Crippen LogP contribution in [0.1, 0.15) is 37.3 Å². The number of Topliss-reactive ketones (excluding diaryl/α,β-unsaturated/α-hetero) is 1. The molecule has 0 aliphatic heterocycles. The van der Waals surface area contributed by atoms with Crippen molar-refractivity contribution in [3.8, 4) is 0 Å². The van der Waals surface area contributed by atoms with E-state index in [1.165, 1.54) is 0 Å². The van der Waals surface area contributed by atoms with Gasteiger partial charge in [-0.15, -0.1) is 12.4 Å². The normalized spacial score (nSPS) is 12.4. The Bertz CT molecular complexity index is 1080. The van der Waals surface area contributed by atoms with Crippen molar-refractivity contribution >= 4 is 41.0 Å². The average molecular weight is 487 g/mol. The van der Waals surface area contributed by atoms with Crippen molar-refractivity contribution < 1.29 is 23.9 Å². The molecule has 0 amide bonds. The van der Waals surface area contributed by atoms with Crippen LogP contribution in [0, 0.1) is 5.92 Å². The average Bonchev–Trinajstić information content (AvgIpc) is 3.24. The van der Waals surface area contributed by atoms with E-state index in [1.54, 1.807) is 6.92 Å². The van der Waals surface area contributed by atoms with E-state index >= 15 is 0 Å². The lowest BCUT2D eigenvalue weighted by molar-refractivity contribution is -0.150. The van der Waals surface area contributed by atoms with Gasteiger partial charge in [0, 0.05) is 29.9 Å². The predicted molar refractivity (Wildman–Crippen MR) is 132 cm³/mol. The van der Waals surface area contributed by atoms with Crippen molar-refractivity contribution in [2.75, 3.05) is 6.61 Å². The van der Waals surface area contributed by atoms with Crippen molar-refractivity contribution in [2.45, 2.75) is 45.3 Å². The summed E-state index contributed by atoms with van der Waals surface area (Å²) < 4.78 is 10.4. The van der Waals surface area contributed by atoms with E-state index in [4.69, 9.17) is 15.2 Å². The Morgan fingerprint density at radius 1 is 0.971 bits per heavy atom. The Labute approximate surface area is 205 Å². The Kier molecular flexibility index (Phi) is 10.8. The molecule has 1 heterocycles. The van der Waals surface area contributed by atoms with Gasteiger partial charge in [0.25, 0.3) is 0 Å². The first kappa shape index (κ1) is 27.1. The third-order valence-electron chi connectivity index (χ3n) is 5.50. The van der Waals surface area contributed by atoms with Crippen molar-refractivity contribution in [3.05, 3.63) is 71.9 Å². The van der Waals surface area contributed by atoms with E-state index < -0.39 is 23.9 Å². The van der Waals surface area contributed by atoms with Gasteiger partial charge in [-0.25, -0.2) is 0 Å². The van der Waals surface area contributed by atoms with Gasteiger partial charge in [-0.2, -0.15) is 0 Å². The third-order valence-corrected chi connectivity index (χ3v) is 5.50. The first-order valence-electron chi connectivity index (χ1n) is 11.2. The minimum absolute atomic E-state index is 0. The number of carbonyl (C=O) groups is 3. The molecule has 2 atom stereocenters. The molecule has 1 aromatic heterocycles. The summed E-state index contributed by atoms with van der Waals surface area (Å²) in [4.78, 5) is 40.5. The number of halogens is 1. The second-order valence-electron chi connectivity index (χ2n) is 7.99. The van der Waals surface area contributed by atoms with Gasteiger partial charge >= 0.3 is 11.9 Å². The monoisotopic (exact) mass is 486 g/mol. The number of ketones is 1. The van der Waals surface area contributed by atoms with E-state index in [0.717, 1.165) is 22.0 Å². The molecule has 0 fully saturated rings. The Balaban J connectivity index is 0.00000408. The molecular formula is C26H31ClN2O5. The van der Waals surface area contributed by atoms with Crippen LogP contribution in [0.5, 0.6) is 0 Å². The molecule has 7 nitrogen and oxygen atoms in total. The number of aromatic amines is 1. The molecule has 2 aromatic carbocycles. The zero-order chi connectivity index (χ0) is 23.6. The number of esters is 2. The van der Waals surface area contributed by atoms with E-state index in [0.29, 0.717) is 6.42 Å². The highest BCUT2D eigenvalue weighted by molar-refractivity contribution is 5.87. The molecule has 34 heavy (non-hydrogen) atoms. The molecule has 8 heteroatoms. The van der Waals surface area contributed by atoms with Crippen molar-refractivity contribution in [1.82, 2.24) is 4.98 Å². The zero-order valence-corrected chi connectivity index (χ0v) is 20.0. The number of benzene rings is 2. The Morgan fingerprint density at radius 3 is 2.41 bits per heavy atom. The molecule has 0 saturated heterocycles. The third kappa shape index (κ3) is 7.71. The van der Waals surface area contributed by atoms with E-state index in [2.05, 4.69) is 4.98 Å². The summed E-state index contributed by atoms with van der Waals surface area (Å²) in [6.45, 7) is 2.12. The molecule has 0 spiro atoms. The summed E-state index contributed by atoms with van der Waals surface area (Å²) in [6, 6.07) is 16.2. The van der Waals surface area contributed by atoms with Gasteiger partial charge in [0.1, 0.15) is 18.4 Å². The predicted octanol–water partition coefficient (Wildman–Crippen LogP) is 4.12. The van der Waals surface area contributed by atoms with Crippen LogP contribution in [0.25, 0.3) is 10.9 Å². The van der Waals surface area contributed by atoms with Crippen LogP contribution in [-0.4, -0.2) is 35.4 Å². The number of hydrogen-bond acceptors (Lipinski definition) is 6. The van der Waals surface area contributed by atoms with Gasteiger partial charge in [-0.3, -0.25) is 14.4 Å². The van der Waals surface area contributed by atoms with Crippen LogP contribution in [-0.2, 0) is 36.9 Å². The van der Waals surface area contributed by atoms with Crippen LogP contribution in [0.4, 0.5) is 0 Å². The highest BCUT2D eigenvalue weighted by atomic mass is 35.5. The number of rotatable bonds is 12. The quantitative estimate of drug-likeness (QED) is 0.372. The molecule has 3 rings (SSSR count). The molecule has 0 bridgehead atoms. The summed E-state index contributed by atoms with van der Waals surface area (Å²) in [6.07, 6.45) is 2.53. The molecular weight excluding hydrogens is 456 g/mol. The molecule has 182 valence electrons. The lowest BCUT2D eigenvalue weighted by Gasteiger charge is -2.16. The number of aromatic nitrogens is 1. The maximum Gasteiger partial charge on any atom is 0.323 e. The second-order valence-corrected chi connectivity index (χ2v) is 7.99. The van der Waals surface area contributed by atoms with Crippen LogP contribution in [0.2, 0.25) is 0 Å². The standard InChI is InChI=1S/C26H30N2O5.ClH/c1-2-32-25(30)19(14-20-16-28-24-11-7-6-10-22(20)24)15-21(29)12-13-23(27)26(31)33-17-18-8-4-3-5-9-18;/h3-11,16,19,23,28H,2,12-15,17,27H2,1H3;1H/t19-,23+;/m0./s1. The summed E-state index contributed by atoms with van der Waals surface area (Å²) in [5.74, 6) is -1.69. The fourth-order valence-corrected chi connectivity index (χ4v) is 3.71. The van der Waals surface area contributed by atoms with E-state index in [1.807, 2.05) is 60.8 Å². The summed E-state index contributed by atoms with van der Waals surface area (Å²) >= 11 is 0. The van der Waals surface area contributed by atoms with Crippen LogP contribution in [0.15, 0.2) is 60.8 Å². The molecule has 0 radical (unpaired) electrons. The highest BCUT2D eigenvalue weighted by Gasteiger charge is 2.25. The van der Waals surface area contributed by atoms with Gasteiger partial charge < -0.3 is 20.2 Å². The molecule has 3 aromatic rings. The van der Waals surface area contributed by atoms with Gasteiger partial charge in [0.15, 0.2) is 0 Å². The number of fused-ring (bicyclic) bond motifs is 1. The molecule has 0 saturated carbocycles. The number of nitrogens with one attached hydrogen (secondary N) is 1. The van der Waals surface area contributed by atoms with Gasteiger partial charge in [-0.05, 0) is 37.0 Å². The van der Waals surface area contributed by atoms with Crippen LogP contribution >= 0.6 is 12.4 Å². The lowest BCUT2D eigenvalue weighted by Crippen LogP contribution is -2.33. The van der Waals surface area contributed by atoms with Crippen LogP contribution in [0.3, 0.4) is 0 Å². The van der Waals surface area contributed by atoms with Crippen molar-refractivity contribution in [3.63, 3.8) is 0 Å². The number of ether oxygens (including phenoxy) is 2. The smallest absolute Gasteiger partial charge is 0.323 e. The van der Waals surface area contributed by atoms with Gasteiger partial charge in [-0.1, -0.05) is 48.5 Å². The Hall–Kier alpha value is -3.16. The van der Waals surface area contributed by atoms with E-state index in [9.17, 15) is 14.4 Å². The van der Waals surface area contributed by atoms with Crippen molar-refractivity contribution in [1.29, 1.82) is 0 Å². The molecule has 0 aliphatic carbocycles. The maximum absolute atomic E-state index is 12.6. The number of H-pyrrole nitrogens is 1. The fourth-order valence-electron chi connectivity index (χ4n) is 3.71. The fraction of sp³-hybridized carbons (Fsp3) is 0.346. The van der Waals surface area contributed by atoms with Crippen LogP contribution < -0.4 is 5.73 Å². The zero-order valence-electron chi connectivity index (χ0n) is 19.2. The Morgan fingerprint density at radius 2 is 1.68 bits per heavy atom. The summed E-state index contributed by atoms with van der Waals surface area (Å²) in [5.41, 5.74) is 8.71. The van der Waals surface area contributed by atoms with E-state index in [-0.39, 0.29) is 50.7 Å². The number of nitrogens with two attached hydrogens (primary N) is 1. The highest BCUT2D eigenvalue weighted by Crippen LogP contribution is 2.23. The minimum Gasteiger partial charge on any atom is -0.466 e. The largest absolute Gasteiger partial charge is 0.466 e. The van der Waals surface area contributed by atoms with Gasteiger partial charge in [0.2, 0.25) is 0 Å². The summed E-state index contributed by atoms with van der Waals surface area (Å²) in [7, 11) is 0. The minimum atomic E-state index is -0.896. The van der Waals surface area contributed by atoms with Crippen molar-refractivity contribution in [2.24, 2.45) is 11.7 Å².